The molecule has 1 unspecified atom stereocenters. The van der Waals surface area contributed by atoms with Crippen LogP contribution < -0.4 is 5.32 Å². The highest BCUT2D eigenvalue weighted by Crippen LogP contribution is 2.33. The lowest BCUT2D eigenvalue weighted by molar-refractivity contribution is -0.135. The van der Waals surface area contributed by atoms with Crippen molar-refractivity contribution in [1.82, 2.24) is 20.0 Å². The average molecular weight is 463 g/mol. The van der Waals surface area contributed by atoms with Crippen LogP contribution in [0.3, 0.4) is 0 Å². The summed E-state index contributed by atoms with van der Waals surface area (Å²) in [6.45, 7) is 7.06. The Kier molecular flexibility index (Phi) is 7.02. The topological polar surface area (TPSA) is 82.2 Å². The van der Waals surface area contributed by atoms with E-state index in [1.807, 2.05) is 30.0 Å². The third-order valence-corrected chi connectivity index (χ3v) is 7.19. The van der Waals surface area contributed by atoms with E-state index in [0.717, 1.165) is 18.7 Å². The van der Waals surface area contributed by atoms with E-state index in [1.165, 1.54) is 4.90 Å². The van der Waals surface area contributed by atoms with E-state index in [4.69, 9.17) is 16.3 Å². The van der Waals surface area contributed by atoms with Crippen molar-refractivity contribution in [3.05, 3.63) is 34.9 Å². The number of hydrogen-bond donors (Lipinski definition) is 1. The number of carbonyl (C=O) groups is 3. The van der Waals surface area contributed by atoms with Gasteiger partial charge in [-0.15, -0.1) is 0 Å². The molecule has 1 aromatic rings. The molecule has 8 nitrogen and oxygen atoms in total. The lowest BCUT2D eigenvalue weighted by atomic mass is 9.79. The van der Waals surface area contributed by atoms with Crippen LogP contribution >= 0.6 is 11.6 Å². The number of urea groups is 1. The number of piperidine rings is 1. The molecule has 0 bridgehead atoms. The predicted molar refractivity (Wildman–Crippen MR) is 120 cm³/mol. The van der Waals surface area contributed by atoms with Gasteiger partial charge in [-0.3, -0.25) is 19.4 Å². The van der Waals surface area contributed by atoms with E-state index < -0.39 is 5.54 Å². The van der Waals surface area contributed by atoms with Gasteiger partial charge in [0.05, 0.1) is 19.6 Å². The lowest BCUT2D eigenvalue weighted by Gasteiger charge is -2.39. The average Bonchev–Trinajstić information content (AvgIpc) is 3.02. The third kappa shape index (κ3) is 4.92. The Morgan fingerprint density at radius 1 is 1.16 bits per heavy atom. The van der Waals surface area contributed by atoms with Gasteiger partial charge in [0.2, 0.25) is 5.91 Å². The van der Waals surface area contributed by atoms with E-state index in [9.17, 15) is 14.4 Å². The third-order valence-electron chi connectivity index (χ3n) is 6.95. The Hall–Kier alpha value is -2.16. The van der Waals surface area contributed by atoms with Crippen LogP contribution in [0, 0.1) is 5.92 Å². The van der Waals surface area contributed by atoms with Gasteiger partial charge in [0.15, 0.2) is 0 Å². The van der Waals surface area contributed by atoms with Crippen molar-refractivity contribution in [2.75, 3.05) is 52.5 Å². The summed E-state index contributed by atoms with van der Waals surface area (Å²) in [4.78, 5) is 43.9. The van der Waals surface area contributed by atoms with Gasteiger partial charge in [0.25, 0.3) is 5.91 Å². The van der Waals surface area contributed by atoms with Crippen LogP contribution in [0.2, 0.25) is 5.02 Å². The Morgan fingerprint density at radius 3 is 2.56 bits per heavy atom. The Labute approximate surface area is 193 Å². The zero-order valence-electron chi connectivity index (χ0n) is 18.5. The molecule has 0 aliphatic carbocycles. The summed E-state index contributed by atoms with van der Waals surface area (Å²) in [6.07, 6.45) is 1.68. The second-order valence-electron chi connectivity index (χ2n) is 9.01. The van der Waals surface area contributed by atoms with Crippen LogP contribution in [-0.2, 0) is 20.7 Å². The van der Waals surface area contributed by atoms with Gasteiger partial charge in [0, 0.05) is 44.3 Å². The van der Waals surface area contributed by atoms with Crippen molar-refractivity contribution in [2.45, 2.75) is 31.7 Å². The van der Waals surface area contributed by atoms with Crippen LogP contribution in [0.15, 0.2) is 24.3 Å². The number of rotatable bonds is 6. The maximum absolute atomic E-state index is 13.2. The van der Waals surface area contributed by atoms with Gasteiger partial charge in [0.1, 0.15) is 5.54 Å². The van der Waals surface area contributed by atoms with Gasteiger partial charge in [-0.2, -0.15) is 0 Å². The minimum Gasteiger partial charge on any atom is -0.379 e. The molecule has 9 heteroatoms. The van der Waals surface area contributed by atoms with Crippen molar-refractivity contribution < 1.29 is 19.1 Å². The molecule has 0 saturated carbocycles. The van der Waals surface area contributed by atoms with Gasteiger partial charge in [-0.1, -0.05) is 23.7 Å². The molecule has 0 spiro atoms. The number of imide groups is 1. The molecule has 0 aromatic heterocycles. The molecule has 32 heavy (non-hydrogen) atoms. The summed E-state index contributed by atoms with van der Waals surface area (Å²) in [5, 5.41) is 3.57. The molecule has 3 aliphatic rings. The van der Waals surface area contributed by atoms with Gasteiger partial charge in [-0.05, 0) is 43.4 Å². The quantitative estimate of drug-likeness (QED) is 0.651. The summed E-state index contributed by atoms with van der Waals surface area (Å²) in [5.41, 5.74) is -0.0183. The number of carbonyl (C=O) groups excluding carboxylic acids is 3. The predicted octanol–water partition coefficient (Wildman–Crippen LogP) is 1.76. The number of halogens is 1. The molecule has 174 valence electrons. The number of morpholine rings is 1. The number of nitrogens with zero attached hydrogens (tertiary/aromatic N) is 3. The van der Waals surface area contributed by atoms with Crippen molar-refractivity contribution in [3.8, 4) is 0 Å². The second-order valence-corrected chi connectivity index (χ2v) is 9.44. The van der Waals surface area contributed by atoms with E-state index in [0.29, 0.717) is 63.7 Å². The van der Waals surface area contributed by atoms with Crippen molar-refractivity contribution >= 4 is 29.4 Å². The summed E-state index contributed by atoms with van der Waals surface area (Å²) in [7, 11) is 0. The number of amides is 4. The number of nitrogens with one attached hydrogen (secondary N) is 1. The molecule has 3 saturated heterocycles. The highest BCUT2D eigenvalue weighted by atomic mass is 35.5. The van der Waals surface area contributed by atoms with Gasteiger partial charge in [-0.25, -0.2) is 4.79 Å². The Morgan fingerprint density at radius 2 is 1.88 bits per heavy atom. The summed E-state index contributed by atoms with van der Waals surface area (Å²) in [6, 6.07) is 7.03. The molecule has 3 aliphatic heterocycles. The summed E-state index contributed by atoms with van der Waals surface area (Å²) < 4.78 is 5.35. The molecule has 0 radical (unpaired) electrons. The molecule has 4 rings (SSSR count). The molecule has 1 atom stereocenters. The van der Waals surface area contributed by atoms with Crippen molar-refractivity contribution in [1.29, 1.82) is 0 Å². The van der Waals surface area contributed by atoms with Gasteiger partial charge < -0.3 is 15.0 Å². The zero-order valence-corrected chi connectivity index (χ0v) is 19.3. The first-order valence-corrected chi connectivity index (χ1v) is 11.7. The standard InChI is InChI=1S/C23H31ClN4O4/c1-23(21(30)28(22(31)25-23)10-9-26-11-13-32-14-12-26)18-5-7-27(8-6-18)20(29)16-17-3-2-4-19(24)15-17/h2-4,15,18H,5-14,16H2,1H3,(H,25,31). The number of hydrogen-bond acceptors (Lipinski definition) is 5. The monoisotopic (exact) mass is 462 g/mol. The molecule has 3 fully saturated rings. The Bertz CT molecular complexity index is 867. The van der Waals surface area contributed by atoms with E-state index in [1.54, 1.807) is 6.07 Å². The maximum atomic E-state index is 13.2. The highest BCUT2D eigenvalue weighted by molar-refractivity contribution is 6.30. The summed E-state index contributed by atoms with van der Waals surface area (Å²) >= 11 is 6.02. The fourth-order valence-electron chi connectivity index (χ4n) is 4.90. The zero-order chi connectivity index (χ0) is 22.7. The van der Waals surface area contributed by atoms with Crippen molar-refractivity contribution in [2.24, 2.45) is 5.92 Å². The molecular formula is C23H31ClN4O4. The van der Waals surface area contributed by atoms with Crippen LogP contribution in [0.5, 0.6) is 0 Å². The Balaban J connectivity index is 1.30. The molecule has 1 aromatic carbocycles. The highest BCUT2D eigenvalue weighted by Gasteiger charge is 2.52. The van der Waals surface area contributed by atoms with Crippen molar-refractivity contribution in [3.63, 3.8) is 0 Å². The van der Waals surface area contributed by atoms with Crippen LogP contribution in [0.4, 0.5) is 4.79 Å². The normalized spacial score (nSPS) is 25.3. The first-order valence-electron chi connectivity index (χ1n) is 11.3. The minimum atomic E-state index is -0.913. The molecule has 3 heterocycles. The van der Waals surface area contributed by atoms with Crippen LogP contribution in [0.1, 0.15) is 25.3 Å². The smallest absolute Gasteiger partial charge is 0.325 e. The minimum absolute atomic E-state index is 0.00237. The number of likely N-dealkylation sites (tertiary alicyclic amines) is 1. The first-order chi connectivity index (χ1) is 15.4. The first kappa shape index (κ1) is 23.0. The van der Waals surface area contributed by atoms with Crippen LogP contribution in [-0.4, -0.2) is 90.6 Å². The van der Waals surface area contributed by atoms with Gasteiger partial charge >= 0.3 is 6.03 Å². The SMILES string of the molecule is CC1(C2CCN(C(=O)Cc3cccc(Cl)c3)CC2)NC(=O)N(CCN2CCOCC2)C1=O. The lowest BCUT2D eigenvalue weighted by Crippen LogP contribution is -2.54. The second kappa shape index (κ2) is 9.77. The molecular weight excluding hydrogens is 432 g/mol. The fourth-order valence-corrected chi connectivity index (χ4v) is 5.11. The van der Waals surface area contributed by atoms with E-state index in [2.05, 4.69) is 10.2 Å². The maximum Gasteiger partial charge on any atom is 0.325 e. The van der Waals surface area contributed by atoms with Crippen LogP contribution in [0.25, 0.3) is 0 Å². The molecule has 4 amide bonds. The fraction of sp³-hybridized carbons (Fsp3) is 0.609. The van der Waals surface area contributed by atoms with E-state index >= 15 is 0 Å². The molecule has 1 N–H and O–H groups in total. The largest absolute Gasteiger partial charge is 0.379 e. The number of benzene rings is 1. The number of ether oxygens (including phenoxy) is 1. The van der Waals surface area contributed by atoms with E-state index in [-0.39, 0.29) is 23.8 Å². The summed E-state index contributed by atoms with van der Waals surface area (Å²) in [5.74, 6) is -0.0909.